The minimum Gasteiger partial charge on any atom is -0.487 e. The normalized spacial score (nSPS) is 11.1. The van der Waals surface area contributed by atoms with Gasteiger partial charge in [0.25, 0.3) is 0 Å². The predicted molar refractivity (Wildman–Crippen MR) is 65.2 cm³/mol. The van der Waals surface area contributed by atoms with E-state index in [2.05, 4.69) is 10.3 Å². The van der Waals surface area contributed by atoms with Crippen LogP contribution in [0.1, 0.15) is 11.3 Å². The van der Waals surface area contributed by atoms with Gasteiger partial charge in [-0.2, -0.15) is 0 Å². The number of nitrogens with zero attached hydrogens (tertiary/aromatic N) is 3. The second-order valence-corrected chi connectivity index (χ2v) is 4.27. The van der Waals surface area contributed by atoms with Crippen LogP contribution in [0, 0.1) is 6.92 Å². The van der Waals surface area contributed by atoms with Crippen molar-refractivity contribution >= 4 is 12.4 Å². The van der Waals surface area contributed by atoms with Crippen LogP contribution in [-0.2, 0) is 13.7 Å². The van der Waals surface area contributed by atoms with Crippen LogP contribution in [0.15, 0.2) is 24.4 Å². The second-order valence-electron chi connectivity index (χ2n) is 4.27. The number of hydrogen-bond donors (Lipinski definition) is 0. The summed E-state index contributed by atoms with van der Waals surface area (Å²) in [6, 6.07) is 3.73. The summed E-state index contributed by atoms with van der Waals surface area (Å²) in [5, 5.41) is 7.55. The first-order valence-electron chi connectivity index (χ1n) is 5.65. The molecule has 0 atom stereocenters. The van der Waals surface area contributed by atoms with Crippen LogP contribution in [0.3, 0.4) is 0 Å². The summed E-state index contributed by atoms with van der Waals surface area (Å²) in [6.45, 7) is -3.39. The molecule has 2 aromatic rings. The molecule has 0 bridgehead atoms. The molecule has 4 nitrogen and oxygen atoms in total. The Morgan fingerprint density at radius 3 is 2.50 bits per heavy atom. The van der Waals surface area contributed by atoms with Gasteiger partial charge in [-0.05, 0) is 19.1 Å². The standard InChI is InChI=1S/C11H12BF3N3O.K/c1-8-5-10(3-4-11(8)12(13,14)15)19-7-9-6-18(2)17-16-9;/h3-6H,7H2,1-2H3;/q-1;+1. The summed E-state index contributed by atoms with van der Waals surface area (Å²) < 4.78 is 44.8. The third-order valence-corrected chi connectivity index (χ3v) is 2.63. The summed E-state index contributed by atoms with van der Waals surface area (Å²) >= 11 is 0. The van der Waals surface area contributed by atoms with E-state index in [1.54, 1.807) is 13.2 Å². The third-order valence-electron chi connectivity index (χ3n) is 2.63. The van der Waals surface area contributed by atoms with Gasteiger partial charge in [-0.1, -0.05) is 16.8 Å². The van der Waals surface area contributed by atoms with Crippen molar-refractivity contribution in [3.05, 3.63) is 35.7 Å². The van der Waals surface area contributed by atoms with Crippen LogP contribution in [0.4, 0.5) is 12.9 Å². The first kappa shape index (κ1) is 17.7. The molecular formula is C11H12BF3KN3O. The molecule has 0 fully saturated rings. The monoisotopic (exact) mass is 309 g/mol. The van der Waals surface area contributed by atoms with Crippen LogP contribution in [0.25, 0.3) is 0 Å². The van der Waals surface area contributed by atoms with E-state index in [0.29, 0.717) is 11.4 Å². The van der Waals surface area contributed by atoms with E-state index in [1.165, 1.54) is 23.7 Å². The molecular weight excluding hydrogens is 297 g/mol. The number of hydrogen-bond acceptors (Lipinski definition) is 3. The van der Waals surface area contributed by atoms with Crippen LogP contribution in [-0.4, -0.2) is 22.0 Å². The Hall–Kier alpha value is -0.349. The van der Waals surface area contributed by atoms with Crippen molar-refractivity contribution in [2.24, 2.45) is 7.05 Å². The zero-order valence-electron chi connectivity index (χ0n) is 11.5. The number of aryl methyl sites for hydroxylation is 2. The fraction of sp³-hybridized carbons (Fsp3) is 0.273. The van der Waals surface area contributed by atoms with Crippen molar-refractivity contribution in [2.45, 2.75) is 13.5 Å². The molecule has 1 heterocycles. The number of ether oxygens (including phenoxy) is 1. The maximum atomic E-state index is 12.6. The van der Waals surface area contributed by atoms with Crippen molar-refractivity contribution < 1.29 is 69.1 Å². The predicted octanol–water partition coefficient (Wildman–Crippen LogP) is -1.24. The third kappa shape index (κ3) is 4.59. The van der Waals surface area contributed by atoms with E-state index in [-0.39, 0.29) is 63.6 Å². The SMILES string of the molecule is Cc1cc(OCc2cn(C)nn2)ccc1[B-](F)(F)F.[K+]. The molecule has 20 heavy (non-hydrogen) atoms. The molecule has 0 saturated heterocycles. The molecule has 1 aromatic carbocycles. The van der Waals surface area contributed by atoms with Gasteiger partial charge in [-0.3, -0.25) is 4.68 Å². The minimum absolute atomic E-state index is 0. The molecule has 0 aliphatic heterocycles. The van der Waals surface area contributed by atoms with Crippen molar-refractivity contribution in [3.63, 3.8) is 0 Å². The van der Waals surface area contributed by atoms with Gasteiger partial charge in [0.1, 0.15) is 18.1 Å². The van der Waals surface area contributed by atoms with E-state index >= 15 is 0 Å². The van der Waals surface area contributed by atoms with Crippen LogP contribution >= 0.6 is 0 Å². The molecule has 0 radical (unpaired) electrons. The molecule has 9 heteroatoms. The quantitative estimate of drug-likeness (QED) is 0.664. The molecule has 0 unspecified atom stereocenters. The largest absolute Gasteiger partial charge is 1.00 e. The van der Waals surface area contributed by atoms with Gasteiger partial charge in [0, 0.05) is 7.05 Å². The van der Waals surface area contributed by atoms with Gasteiger partial charge < -0.3 is 17.7 Å². The van der Waals surface area contributed by atoms with E-state index in [4.69, 9.17) is 4.74 Å². The summed E-state index contributed by atoms with van der Waals surface area (Å²) in [7, 11) is 1.72. The zero-order chi connectivity index (χ0) is 14.0. The first-order valence-corrected chi connectivity index (χ1v) is 5.65. The molecule has 2 rings (SSSR count). The van der Waals surface area contributed by atoms with Crippen molar-refractivity contribution in [1.82, 2.24) is 15.0 Å². The Morgan fingerprint density at radius 2 is 2.00 bits per heavy atom. The fourth-order valence-corrected chi connectivity index (χ4v) is 1.72. The number of rotatable bonds is 4. The van der Waals surface area contributed by atoms with E-state index in [1.807, 2.05) is 0 Å². The molecule has 1 aromatic heterocycles. The summed E-state index contributed by atoms with van der Waals surface area (Å²) in [5.41, 5.74) is 0.181. The minimum atomic E-state index is -4.98. The number of aromatic nitrogens is 3. The Kier molecular flexibility index (Phi) is 6.27. The Morgan fingerprint density at radius 1 is 1.30 bits per heavy atom. The molecule has 0 spiro atoms. The second kappa shape index (κ2) is 7.08. The number of benzene rings is 1. The fourth-order valence-electron chi connectivity index (χ4n) is 1.72. The summed E-state index contributed by atoms with van der Waals surface area (Å²) in [6.07, 6.45) is 1.68. The van der Waals surface area contributed by atoms with Crippen LogP contribution < -0.4 is 61.6 Å². The maximum Gasteiger partial charge on any atom is 1.00 e. The first-order chi connectivity index (χ1) is 8.86. The Labute approximate surface area is 157 Å². The van der Waals surface area contributed by atoms with E-state index in [0.717, 1.165) is 6.07 Å². The van der Waals surface area contributed by atoms with Crippen LogP contribution in [0.2, 0.25) is 0 Å². The van der Waals surface area contributed by atoms with Gasteiger partial charge in [0.2, 0.25) is 0 Å². The molecule has 0 saturated carbocycles. The smallest absolute Gasteiger partial charge is 0.487 e. The van der Waals surface area contributed by atoms with Crippen molar-refractivity contribution in [1.29, 1.82) is 0 Å². The number of halogens is 3. The van der Waals surface area contributed by atoms with Gasteiger partial charge in [-0.15, -0.1) is 10.6 Å². The van der Waals surface area contributed by atoms with E-state index in [9.17, 15) is 12.9 Å². The van der Waals surface area contributed by atoms with Gasteiger partial charge >= 0.3 is 58.4 Å². The van der Waals surface area contributed by atoms with Gasteiger partial charge in [-0.25, -0.2) is 0 Å². The maximum absolute atomic E-state index is 12.6. The summed E-state index contributed by atoms with van der Waals surface area (Å²) in [5.74, 6) is 0.381. The van der Waals surface area contributed by atoms with E-state index < -0.39 is 12.4 Å². The van der Waals surface area contributed by atoms with Crippen molar-refractivity contribution in [3.8, 4) is 5.75 Å². The van der Waals surface area contributed by atoms with Gasteiger partial charge in [0.15, 0.2) is 0 Å². The molecule has 0 N–H and O–H groups in total. The van der Waals surface area contributed by atoms with Gasteiger partial charge in [0.05, 0.1) is 6.20 Å². The Balaban J connectivity index is 0.00000200. The average molecular weight is 309 g/mol. The topological polar surface area (TPSA) is 39.9 Å². The zero-order valence-corrected chi connectivity index (χ0v) is 14.6. The molecule has 0 aliphatic carbocycles. The van der Waals surface area contributed by atoms with Crippen LogP contribution in [0.5, 0.6) is 5.75 Å². The molecule has 0 amide bonds. The molecule has 102 valence electrons. The summed E-state index contributed by atoms with van der Waals surface area (Å²) in [4.78, 5) is 0. The molecule has 0 aliphatic rings. The Bertz CT molecular complexity index is 589. The van der Waals surface area contributed by atoms with Crippen molar-refractivity contribution in [2.75, 3.05) is 0 Å². The average Bonchev–Trinajstić information content (AvgIpc) is 2.71.